The van der Waals surface area contributed by atoms with Gasteiger partial charge in [-0.1, -0.05) is 18.2 Å². The minimum atomic E-state index is -0.467. The number of nitro groups is 1. The number of aromatic nitrogens is 1. The van der Waals surface area contributed by atoms with Crippen LogP contribution in [-0.4, -0.2) is 35.1 Å². The van der Waals surface area contributed by atoms with Gasteiger partial charge in [0.25, 0.3) is 5.69 Å². The van der Waals surface area contributed by atoms with Crippen molar-refractivity contribution in [3.63, 3.8) is 0 Å². The largest absolute Gasteiger partial charge is 0.371 e. The Hall–Kier alpha value is -3.68. The number of nitrogens with zero attached hydrogens (tertiary/aromatic N) is 3. The van der Waals surface area contributed by atoms with Crippen LogP contribution in [0.3, 0.4) is 0 Å². The van der Waals surface area contributed by atoms with Crippen molar-refractivity contribution in [3.8, 4) is 0 Å². The summed E-state index contributed by atoms with van der Waals surface area (Å²) in [5, 5.41) is 17.6. The summed E-state index contributed by atoms with van der Waals surface area (Å²) in [6, 6.07) is 15.8. The number of anilines is 2. The number of non-ortho nitro benzene ring substituents is 1. The highest BCUT2D eigenvalue weighted by atomic mass is 16.6. The first-order chi connectivity index (χ1) is 14.5. The van der Waals surface area contributed by atoms with Crippen LogP contribution in [0.1, 0.15) is 18.5 Å². The monoisotopic (exact) mass is 405 g/mol. The molecule has 8 nitrogen and oxygen atoms in total. The van der Waals surface area contributed by atoms with Crippen molar-refractivity contribution < 1.29 is 9.72 Å². The molecule has 0 atom stereocenters. The van der Waals surface area contributed by atoms with E-state index in [2.05, 4.69) is 32.7 Å². The first-order valence-electron chi connectivity index (χ1n) is 9.93. The second-order valence-corrected chi connectivity index (χ2v) is 7.46. The molecule has 8 heteroatoms. The average Bonchev–Trinajstić information content (AvgIpc) is 2.74. The van der Waals surface area contributed by atoms with Crippen molar-refractivity contribution in [2.75, 3.05) is 23.3 Å². The van der Waals surface area contributed by atoms with Gasteiger partial charge in [0.1, 0.15) is 0 Å². The van der Waals surface area contributed by atoms with Gasteiger partial charge in [0, 0.05) is 53.7 Å². The number of aryl methyl sites for hydroxylation is 1. The molecule has 0 unspecified atom stereocenters. The number of hydrogen-bond acceptors (Lipinski definition) is 5. The molecule has 0 saturated carbocycles. The van der Waals surface area contributed by atoms with Crippen molar-refractivity contribution in [1.29, 1.82) is 0 Å². The van der Waals surface area contributed by atoms with E-state index in [9.17, 15) is 14.9 Å². The predicted molar refractivity (Wildman–Crippen MR) is 117 cm³/mol. The summed E-state index contributed by atoms with van der Waals surface area (Å²) in [5.74, 6) is 0. The van der Waals surface area contributed by atoms with Crippen molar-refractivity contribution in [2.24, 2.45) is 0 Å². The van der Waals surface area contributed by atoms with E-state index in [4.69, 9.17) is 0 Å². The summed E-state index contributed by atoms with van der Waals surface area (Å²) in [6.45, 7) is 3.69. The van der Waals surface area contributed by atoms with Gasteiger partial charge >= 0.3 is 6.03 Å². The standard InChI is InChI=1S/C22H23N5O3/c1-15-14-21(19-4-2-3-5-20(19)23-15)26-12-10-17(11-13-26)25-22(28)24-16-6-8-18(9-7-16)27(29)30/h2-9,14,17H,10-13H2,1H3,(H2,24,25,28). The fraction of sp³-hybridized carbons (Fsp3) is 0.273. The molecule has 1 saturated heterocycles. The van der Waals surface area contributed by atoms with Gasteiger partial charge in [-0.25, -0.2) is 4.79 Å². The van der Waals surface area contributed by atoms with Crippen molar-refractivity contribution >= 4 is 34.0 Å². The molecule has 0 radical (unpaired) electrons. The number of piperidine rings is 1. The number of urea groups is 1. The van der Waals surface area contributed by atoms with E-state index >= 15 is 0 Å². The van der Waals surface area contributed by atoms with Gasteiger partial charge in [-0.2, -0.15) is 0 Å². The fourth-order valence-electron chi connectivity index (χ4n) is 3.83. The van der Waals surface area contributed by atoms with Crippen molar-refractivity contribution in [2.45, 2.75) is 25.8 Å². The van der Waals surface area contributed by atoms with Crippen LogP contribution in [0.2, 0.25) is 0 Å². The zero-order valence-corrected chi connectivity index (χ0v) is 16.7. The van der Waals surface area contributed by atoms with Gasteiger partial charge < -0.3 is 15.5 Å². The average molecular weight is 405 g/mol. The van der Waals surface area contributed by atoms with Gasteiger partial charge in [0.15, 0.2) is 0 Å². The highest BCUT2D eigenvalue weighted by Gasteiger charge is 2.22. The van der Waals surface area contributed by atoms with Gasteiger partial charge in [-0.15, -0.1) is 0 Å². The van der Waals surface area contributed by atoms with Gasteiger partial charge in [0.2, 0.25) is 0 Å². The van der Waals surface area contributed by atoms with Crippen molar-refractivity contribution in [1.82, 2.24) is 10.3 Å². The summed E-state index contributed by atoms with van der Waals surface area (Å²) in [7, 11) is 0. The summed E-state index contributed by atoms with van der Waals surface area (Å²) in [5.41, 5.74) is 3.69. The van der Waals surface area contributed by atoms with Crippen molar-refractivity contribution in [3.05, 3.63) is 70.4 Å². The van der Waals surface area contributed by atoms with Gasteiger partial charge in [-0.3, -0.25) is 15.1 Å². The number of nitrogens with one attached hydrogen (secondary N) is 2. The molecule has 0 bridgehead atoms. The minimum absolute atomic E-state index is 0.00722. The van der Waals surface area contributed by atoms with E-state index in [1.165, 1.54) is 30.0 Å². The summed E-state index contributed by atoms with van der Waals surface area (Å²) < 4.78 is 0. The Kier molecular flexibility index (Phi) is 5.47. The second-order valence-electron chi connectivity index (χ2n) is 7.46. The molecule has 154 valence electrons. The van der Waals surface area contributed by atoms with E-state index in [0.29, 0.717) is 5.69 Å². The molecule has 0 spiro atoms. The molecule has 0 aliphatic carbocycles. The maximum atomic E-state index is 12.3. The maximum absolute atomic E-state index is 12.3. The van der Waals surface area contributed by atoms with E-state index in [-0.39, 0.29) is 17.8 Å². The van der Waals surface area contributed by atoms with Crippen LogP contribution in [0.4, 0.5) is 21.9 Å². The summed E-state index contributed by atoms with van der Waals surface area (Å²) in [6.07, 6.45) is 1.67. The Labute approximate surface area is 174 Å². The first-order valence-corrected chi connectivity index (χ1v) is 9.93. The minimum Gasteiger partial charge on any atom is -0.371 e. The molecule has 1 aliphatic heterocycles. The van der Waals surface area contributed by atoms with Crippen LogP contribution in [0.15, 0.2) is 54.6 Å². The van der Waals surface area contributed by atoms with Crippen LogP contribution >= 0.6 is 0 Å². The van der Waals surface area contributed by atoms with E-state index in [0.717, 1.165) is 42.5 Å². The highest BCUT2D eigenvalue weighted by Crippen LogP contribution is 2.29. The van der Waals surface area contributed by atoms with Crippen LogP contribution in [-0.2, 0) is 0 Å². The number of carbonyl (C=O) groups excluding carboxylic acids is 1. The Balaban J connectivity index is 1.35. The third-order valence-corrected chi connectivity index (χ3v) is 5.33. The number of fused-ring (bicyclic) bond motifs is 1. The SMILES string of the molecule is Cc1cc(N2CCC(NC(=O)Nc3ccc([N+](=O)[O-])cc3)CC2)c2ccccc2n1. The molecule has 2 N–H and O–H groups in total. The lowest BCUT2D eigenvalue weighted by Gasteiger charge is -2.34. The molecule has 4 rings (SSSR count). The summed E-state index contributed by atoms with van der Waals surface area (Å²) in [4.78, 5) is 29.5. The third kappa shape index (κ3) is 4.32. The quantitative estimate of drug-likeness (QED) is 0.499. The molecule has 1 aliphatic rings. The smallest absolute Gasteiger partial charge is 0.319 e. The topological polar surface area (TPSA) is 100 Å². The van der Waals surface area contributed by atoms with Crippen LogP contribution in [0.5, 0.6) is 0 Å². The lowest BCUT2D eigenvalue weighted by atomic mass is 10.0. The fourth-order valence-corrected chi connectivity index (χ4v) is 3.83. The number of amides is 2. The molecule has 2 amide bonds. The number of pyridine rings is 1. The zero-order valence-electron chi connectivity index (χ0n) is 16.7. The number of nitro benzene ring substituents is 1. The Bertz CT molecular complexity index is 1080. The molecule has 2 heterocycles. The maximum Gasteiger partial charge on any atom is 0.319 e. The van der Waals surface area contributed by atoms with E-state index < -0.39 is 4.92 Å². The number of carbonyl (C=O) groups is 1. The Morgan fingerprint density at radius 3 is 2.53 bits per heavy atom. The zero-order chi connectivity index (χ0) is 21.1. The highest BCUT2D eigenvalue weighted by molar-refractivity contribution is 5.92. The predicted octanol–water partition coefficient (Wildman–Crippen LogP) is 4.24. The molecular formula is C22H23N5O3. The number of para-hydroxylation sites is 1. The molecular weight excluding hydrogens is 382 g/mol. The first kappa shape index (κ1) is 19.6. The second kappa shape index (κ2) is 8.36. The molecule has 2 aromatic carbocycles. The van der Waals surface area contributed by atoms with E-state index in [1.807, 2.05) is 25.1 Å². The molecule has 1 aromatic heterocycles. The number of benzene rings is 2. The molecule has 30 heavy (non-hydrogen) atoms. The Morgan fingerprint density at radius 1 is 1.13 bits per heavy atom. The van der Waals surface area contributed by atoms with Gasteiger partial charge in [-0.05, 0) is 44.0 Å². The Morgan fingerprint density at radius 2 is 1.83 bits per heavy atom. The molecule has 1 fully saturated rings. The normalized spacial score (nSPS) is 14.5. The summed E-state index contributed by atoms with van der Waals surface area (Å²) >= 11 is 0. The van der Waals surface area contributed by atoms with Crippen LogP contribution < -0.4 is 15.5 Å². The lowest BCUT2D eigenvalue weighted by Crippen LogP contribution is -2.46. The van der Waals surface area contributed by atoms with Crippen LogP contribution in [0.25, 0.3) is 10.9 Å². The van der Waals surface area contributed by atoms with E-state index in [1.54, 1.807) is 0 Å². The van der Waals surface area contributed by atoms with Gasteiger partial charge in [0.05, 0.1) is 10.4 Å². The molecule has 3 aromatic rings. The number of rotatable bonds is 4. The lowest BCUT2D eigenvalue weighted by molar-refractivity contribution is -0.384. The third-order valence-electron chi connectivity index (χ3n) is 5.33. The number of hydrogen-bond donors (Lipinski definition) is 2. The van der Waals surface area contributed by atoms with Crippen LogP contribution in [0, 0.1) is 17.0 Å².